The molecule has 114 valence electrons. The van der Waals surface area contributed by atoms with E-state index < -0.39 is 11.4 Å². The second-order valence-electron chi connectivity index (χ2n) is 7.26. The molecule has 0 bridgehead atoms. The van der Waals surface area contributed by atoms with Crippen LogP contribution >= 0.6 is 0 Å². The molecule has 2 aliphatic rings. The first-order chi connectivity index (χ1) is 10.1. The number of hydrogen-bond donors (Lipinski definition) is 1. The molecule has 2 aliphatic carbocycles. The van der Waals surface area contributed by atoms with E-state index in [0.717, 1.165) is 44.9 Å². The standard InChI is InChI=1S/C19H26O2/c1-14-9-11-19(12-10-14,18(20)21)13-16-7-4-6-15-5-2-3-8-17(15)16/h2-3,5,8,14,16H,4,6-7,9-13H2,1H3,(H,20,21). The predicted molar refractivity (Wildman–Crippen MR) is 84.4 cm³/mol. The third-order valence-electron chi connectivity index (χ3n) is 5.82. The molecule has 1 N–H and O–H groups in total. The Morgan fingerprint density at radius 1 is 1.24 bits per heavy atom. The van der Waals surface area contributed by atoms with E-state index in [1.54, 1.807) is 0 Å². The molecule has 1 aromatic rings. The van der Waals surface area contributed by atoms with Crippen LogP contribution in [0, 0.1) is 11.3 Å². The Morgan fingerprint density at radius 3 is 2.67 bits per heavy atom. The van der Waals surface area contributed by atoms with Gasteiger partial charge in [0.15, 0.2) is 0 Å². The van der Waals surface area contributed by atoms with Crippen molar-refractivity contribution in [3.63, 3.8) is 0 Å². The highest BCUT2D eigenvalue weighted by Gasteiger charge is 2.43. The van der Waals surface area contributed by atoms with E-state index in [2.05, 4.69) is 31.2 Å². The molecule has 0 amide bonds. The minimum Gasteiger partial charge on any atom is -0.481 e. The maximum absolute atomic E-state index is 12.0. The molecule has 0 saturated heterocycles. The van der Waals surface area contributed by atoms with Crippen molar-refractivity contribution in [1.82, 2.24) is 0 Å². The van der Waals surface area contributed by atoms with Gasteiger partial charge < -0.3 is 5.11 Å². The molecule has 1 fully saturated rings. The Kier molecular flexibility index (Phi) is 4.05. The summed E-state index contributed by atoms with van der Waals surface area (Å²) in [5, 5.41) is 9.85. The van der Waals surface area contributed by atoms with Gasteiger partial charge in [-0.25, -0.2) is 0 Å². The molecule has 0 radical (unpaired) electrons. The van der Waals surface area contributed by atoms with Gasteiger partial charge in [0, 0.05) is 0 Å². The second kappa shape index (κ2) is 5.82. The molecule has 1 aromatic carbocycles. The molecule has 1 saturated carbocycles. The van der Waals surface area contributed by atoms with E-state index in [4.69, 9.17) is 0 Å². The number of rotatable bonds is 3. The lowest BCUT2D eigenvalue weighted by molar-refractivity contribution is -0.152. The van der Waals surface area contributed by atoms with Crippen LogP contribution in [-0.4, -0.2) is 11.1 Å². The zero-order valence-corrected chi connectivity index (χ0v) is 13.0. The van der Waals surface area contributed by atoms with E-state index in [-0.39, 0.29) is 0 Å². The third-order valence-corrected chi connectivity index (χ3v) is 5.82. The SMILES string of the molecule is CC1CCC(CC2CCCc3ccccc32)(C(=O)O)CC1. The van der Waals surface area contributed by atoms with Gasteiger partial charge in [-0.15, -0.1) is 0 Å². The number of carbonyl (C=O) groups is 1. The van der Waals surface area contributed by atoms with E-state index in [1.807, 2.05) is 0 Å². The topological polar surface area (TPSA) is 37.3 Å². The Labute approximate surface area is 127 Å². The summed E-state index contributed by atoms with van der Waals surface area (Å²) in [5.74, 6) is 0.577. The van der Waals surface area contributed by atoms with Crippen LogP contribution in [0.25, 0.3) is 0 Å². The lowest BCUT2D eigenvalue weighted by Gasteiger charge is -2.39. The van der Waals surface area contributed by atoms with Crippen molar-refractivity contribution in [2.45, 2.75) is 64.2 Å². The van der Waals surface area contributed by atoms with Gasteiger partial charge in [0.1, 0.15) is 0 Å². The maximum Gasteiger partial charge on any atom is 0.309 e. The normalized spacial score (nSPS) is 32.4. The summed E-state index contributed by atoms with van der Waals surface area (Å²) >= 11 is 0. The van der Waals surface area contributed by atoms with Gasteiger partial charge in [0.2, 0.25) is 0 Å². The van der Waals surface area contributed by atoms with Crippen molar-refractivity contribution >= 4 is 5.97 Å². The Bertz CT molecular complexity index is 512. The summed E-state index contributed by atoms with van der Waals surface area (Å²) in [4.78, 5) is 12.0. The second-order valence-corrected chi connectivity index (χ2v) is 7.26. The number of benzene rings is 1. The number of fused-ring (bicyclic) bond motifs is 1. The molecule has 2 heteroatoms. The van der Waals surface area contributed by atoms with Crippen LogP contribution in [0.3, 0.4) is 0 Å². The first-order valence-electron chi connectivity index (χ1n) is 8.42. The highest BCUT2D eigenvalue weighted by Crippen LogP contribution is 2.48. The molecule has 0 aliphatic heterocycles. The Hall–Kier alpha value is -1.31. The predicted octanol–water partition coefficient (Wildman–Crippen LogP) is 4.78. The number of aliphatic carboxylic acids is 1. The highest BCUT2D eigenvalue weighted by atomic mass is 16.4. The van der Waals surface area contributed by atoms with E-state index in [0.29, 0.717) is 11.8 Å². The van der Waals surface area contributed by atoms with Crippen molar-refractivity contribution < 1.29 is 9.90 Å². The van der Waals surface area contributed by atoms with Gasteiger partial charge in [-0.05, 0) is 74.3 Å². The smallest absolute Gasteiger partial charge is 0.309 e. The molecule has 3 rings (SSSR count). The largest absolute Gasteiger partial charge is 0.481 e. The fraction of sp³-hybridized carbons (Fsp3) is 0.632. The van der Waals surface area contributed by atoms with E-state index in [9.17, 15) is 9.90 Å². The van der Waals surface area contributed by atoms with Crippen LogP contribution in [0.1, 0.15) is 68.9 Å². The van der Waals surface area contributed by atoms with Crippen LogP contribution in [-0.2, 0) is 11.2 Å². The first kappa shape index (κ1) is 14.6. The van der Waals surface area contributed by atoms with Crippen LogP contribution in [0.15, 0.2) is 24.3 Å². The average molecular weight is 286 g/mol. The fourth-order valence-corrected chi connectivity index (χ4v) is 4.36. The Balaban J connectivity index is 1.83. The minimum absolute atomic E-state index is 0.444. The number of hydrogen-bond acceptors (Lipinski definition) is 1. The zero-order chi connectivity index (χ0) is 14.9. The van der Waals surface area contributed by atoms with Crippen molar-refractivity contribution in [2.75, 3.05) is 0 Å². The highest BCUT2D eigenvalue weighted by molar-refractivity contribution is 5.75. The molecule has 1 unspecified atom stereocenters. The van der Waals surface area contributed by atoms with E-state index in [1.165, 1.54) is 17.5 Å². The summed E-state index contributed by atoms with van der Waals surface area (Å²) in [6, 6.07) is 8.65. The van der Waals surface area contributed by atoms with Crippen molar-refractivity contribution in [3.05, 3.63) is 35.4 Å². The number of carboxylic acid groups (broad SMARTS) is 1. The Morgan fingerprint density at radius 2 is 1.95 bits per heavy atom. The van der Waals surface area contributed by atoms with Crippen LogP contribution in [0.5, 0.6) is 0 Å². The minimum atomic E-state index is -0.558. The third kappa shape index (κ3) is 2.86. The molecule has 21 heavy (non-hydrogen) atoms. The van der Waals surface area contributed by atoms with Gasteiger partial charge in [-0.1, -0.05) is 31.2 Å². The first-order valence-corrected chi connectivity index (χ1v) is 8.42. The van der Waals surface area contributed by atoms with Gasteiger partial charge in [0.25, 0.3) is 0 Å². The van der Waals surface area contributed by atoms with Gasteiger partial charge in [-0.3, -0.25) is 4.79 Å². The molecule has 0 heterocycles. The van der Waals surface area contributed by atoms with Gasteiger partial charge in [0.05, 0.1) is 5.41 Å². The average Bonchev–Trinajstić information content (AvgIpc) is 2.50. The van der Waals surface area contributed by atoms with Crippen molar-refractivity contribution in [2.24, 2.45) is 11.3 Å². The summed E-state index contributed by atoms with van der Waals surface area (Å²) in [7, 11) is 0. The summed E-state index contributed by atoms with van der Waals surface area (Å²) in [6.45, 7) is 2.25. The number of aryl methyl sites for hydroxylation is 1. The zero-order valence-electron chi connectivity index (χ0n) is 13.0. The van der Waals surface area contributed by atoms with Crippen LogP contribution in [0.4, 0.5) is 0 Å². The van der Waals surface area contributed by atoms with Crippen molar-refractivity contribution in [1.29, 1.82) is 0 Å². The lowest BCUT2D eigenvalue weighted by Crippen LogP contribution is -2.37. The molecule has 0 spiro atoms. The quantitative estimate of drug-likeness (QED) is 0.868. The van der Waals surface area contributed by atoms with Gasteiger partial charge in [-0.2, -0.15) is 0 Å². The summed E-state index contributed by atoms with van der Waals surface area (Å²) in [6.07, 6.45) is 8.22. The van der Waals surface area contributed by atoms with Crippen molar-refractivity contribution in [3.8, 4) is 0 Å². The molecule has 1 atom stereocenters. The molecular formula is C19H26O2. The lowest BCUT2D eigenvalue weighted by atomic mass is 9.64. The summed E-state index contributed by atoms with van der Waals surface area (Å²) < 4.78 is 0. The van der Waals surface area contributed by atoms with Crippen LogP contribution in [0.2, 0.25) is 0 Å². The number of carboxylic acids is 1. The van der Waals surface area contributed by atoms with Gasteiger partial charge >= 0.3 is 5.97 Å². The maximum atomic E-state index is 12.0. The summed E-state index contributed by atoms with van der Waals surface area (Å²) in [5.41, 5.74) is 2.39. The monoisotopic (exact) mass is 286 g/mol. The molecule has 0 aromatic heterocycles. The molecule has 2 nitrogen and oxygen atoms in total. The van der Waals surface area contributed by atoms with E-state index >= 15 is 0 Å². The van der Waals surface area contributed by atoms with Crippen LogP contribution < -0.4 is 0 Å². The molecular weight excluding hydrogens is 260 g/mol. The fourth-order valence-electron chi connectivity index (χ4n) is 4.36.